The number of rotatable bonds is 13. The van der Waals surface area contributed by atoms with Gasteiger partial charge in [0.15, 0.2) is 0 Å². The summed E-state index contributed by atoms with van der Waals surface area (Å²) in [5.41, 5.74) is 17.3. The number of esters is 2. The number of hydrogen-bond donors (Lipinski definition) is 2. The summed E-state index contributed by atoms with van der Waals surface area (Å²) in [5, 5.41) is 21.4. The number of hydrogen-bond acceptors (Lipinski definition) is 7. The Bertz CT molecular complexity index is 1940. The highest BCUT2D eigenvalue weighted by Crippen LogP contribution is 2.45. The fourth-order valence-corrected chi connectivity index (χ4v) is 6.51. The van der Waals surface area contributed by atoms with Crippen LogP contribution in [0.15, 0.2) is 102 Å². The average molecular weight is 686 g/mol. The van der Waals surface area contributed by atoms with Crippen molar-refractivity contribution in [3.63, 3.8) is 0 Å². The number of aliphatic carboxylic acids is 2. The van der Waals surface area contributed by atoms with Crippen molar-refractivity contribution < 1.29 is 38.9 Å². The maximum Gasteiger partial charge on any atom is 0.308 e. The molecule has 0 saturated heterocycles. The lowest BCUT2D eigenvalue weighted by atomic mass is 9.98. The van der Waals surface area contributed by atoms with Gasteiger partial charge < -0.3 is 19.7 Å². The summed E-state index contributed by atoms with van der Waals surface area (Å²) in [7, 11) is 0. The number of nitrogens with zero attached hydrogens (tertiary/aromatic N) is 3. The lowest BCUT2D eigenvalue weighted by Crippen LogP contribution is -2.23. The predicted octanol–water partition coefficient (Wildman–Crippen LogP) is 7.20. The molecule has 0 bridgehead atoms. The molecule has 0 saturated carbocycles. The minimum Gasteiger partial charge on any atom is -0.481 e. The van der Waals surface area contributed by atoms with E-state index in [-0.39, 0.29) is 50.9 Å². The third-order valence-electron chi connectivity index (χ3n) is 9.00. The molecule has 11 heteroatoms. The molecule has 11 nitrogen and oxygen atoms in total. The molecule has 0 aromatic heterocycles. The van der Waals surface area contributed by atoms with E-state index in [2.05, 4.69) is 28.1 Å². The van der Waals surface area contributed by atoms with Crippen LogP contribution in [0.4, 0.5) is 0 Å². The Morgan fingerprint density at radius 2 is 1.02 bits per heavy atom. The summed E-state index contributed by atoms with van der Waals surface area (Å²) in [4.78, 5) is 48.9. The van der Waals surface area contributed by atoms with Crippen molar-refractivity contribution in [1.29, 1.82) is 0 Å². The van der Waals surface area contributed by atoms with Crippen LogP contribution in [0.3, 0.4) is 0 Å². The first-order valence-electron chi connectivity index (χ1n) is 16.3. The van der Waals surface area contributed by atoms with E-state index >= 15 is 0 Å². The van der Waals surface area contributed by atoms with Gasteiger partial charge in [0.25, 0.3) is 0 Å². The topological polar surface area (TPSA) is 176 Å². The first-order chi connectivity index (χ1) is 24.7. The quantitative estimate of drug-likeness (QED) is 0.0488. The van der Waals surface area contributed by atoms with Crippen molar-refractivity contribution in [2.75, 3.05) is 19.8 Å². The zero-order valence-corrected chi connectivity index (χ0v) is 27.6. The second-order valence-electron chi connectivity index (χ2n) is 12.1. The third kappa shape index (κ3) is 8.44. The number of azide groups is 1. The monoisotopic (exact) mass is 685 g/mol. The van der Waals surface area contributed by atoms with E-state index in [0.29, 0.717) is 0 Å². The summed E-state index contributed by atoms with van der Waals surface area (Å²) in [6.07, 6.45) is 4.63. The third-order valence-corrected chi connectivity index (χ3v) is 9.00. The maximum absolute atomic E-state index is 12.1. The number of carboxylic acid groups (broad SMARTS) is 2. The highest BCUT2D eigenvalue weighted by atomic mass is 16.5. The molecule has 0 radical (unpaired) electrons. The van der Waals surface area contributed by atoms with Gasteiger partial charge in [0.2, 0.25) is 0 Å². The average Bonchev–Trinajstić information content (AvgIpc) is 3.64. The van der Waals surface area contributed by atoms with E-state index in [9.17, 15) is 19.2 Å². The van der Waals surface area contributed by atoms with Crippen LogP contribution in [0, 0.1) is 24.2 Å². The molecule has 0 aliphatic heterocycles. The van der Waals surface area contributed by atoms with Crippen LogP contribution in [0.5, 0.6) is 0 Å². The van der Waals surface area contributed by atoms with E-state index < -0.39 is 35.7 Å². The second kappa shape index (κ2) is 16.8. The molecule has 2 atom stereocenters. The number of carboxylic acids is 2. The molecule has 6 rings (SSSR count). The van der Waals surface area contributed by atoms with Crippen LogP contribution in [0.25, 0.3) is 32.7 Å². The Kier molecular flexibility index (Phi) is 11.9. The number of carbonyl (C=O) groups is 4. The SMILES string of the molecule is C#CCC(CC(=O)OCC1c2ccccc2-c2ccccc21)C(=O)O.[N-]=[N+]=NCC(CC(=O)OCC1c2ccccc2-c2ccccc21)C(=O)O. The first-order valence-corrected chi connectivity index (χ1v) is 16.3. The fraction of sp³-hybridized carbons (Fsp3) is 0.250. The number of carbonyl (C=O) groups excluding carboxylic acids is 2. The molecule has 2 unspecified atom stereocenters. The smallest absolute Gasteiger partial charge is 0.308 e. The van der Waals surface area contributed by atoms with E-state index in [1.165, 1.54) is 0 Å². The van der Waals surface area contributed by atoms with Crippen LogP contribution in [0.1, 0.15) is 53.4 Å². The summed E-state index contributed by atoms with van der Waals surface area (Å²) in [6, 6.07) is 32.0. The predicted molar refractivity (Wildman–Crippen MR) is 188 cm³/mol. The van der Waals surface area contributed by atoms with Gasteiger partial charge in [0, 0.05) is 29.7 Å². The molecule has 51 heavy (non-hydrogen) atoms. The van der Waals surface area contributed by atoms with E-state index in [4.69, 9.17) is 31.6 Å². The van der Waals surface area contributed by atoms with Gasteiger partial charge in [-0.05, 0) is 50.0 Å². The Labute approximate surface area is 294 Å². The van der Waals surface area contributed by atoms with Crippen molar-refractivity contribution in [3.8, 4) is 34.6 Å². The van der Waals surface area contributed by atoms with Crippen molar-refractivity contribution in [2.24, 2.45) is 17.0 Å². The van der Waals surface area contributed by atoms with Crippen molar-refractivity contribution in [1.82, 2.24) is 0 Å². The summed E-state index contributed by atoms with van der Waals surface area (Å²) in [5.74, 6) is -3.23. The number of fused-ring (bicyclic) bond motifs is 6. The second-order valence-corrected chi connectivity index (χ2v) is 12.1. The van der Waals surface area contributed by atoms with E-state index in [1.807, 2.05) is 84.9 Å². The van der Waals surface area contributed by atoms with Gasteiger partial charge in [-0.25, -0.2) is 0 Å². The molecule has 0 fully saturated rings. The molecule has 0 heterocycles. The first kappa shape index (κ1) is 35.9. The summed E-state index contributed by atoms with van der Waals surface area (Å²) < 4.78 is 10.8. The number of ether oxygens (including phenoxy) is 2. The Morgan fingerprint density at radius 1 is 0.667 bits per heavy atom. The molecular formula is C40H35N3O8. The van der Waals surface area contributed by atoms with Gasteiger partial charge in [-0.15, -0.1) is 12.3 Å². The van der Waals surface area contributed by atoms with Gasteiger partial charge in [-0.1, -0.05) is 102 Å². The number of terminal acetylenes is 1. The van der Waals surface area contributed by atoms with E-state index in [1.54, 1.807) is 0 Å². The maximum atomic E-state index is 12.1. The fourth-order valence-electron chi connectivity index (χ4n) is 6.51. The molecule has 0 spiro atoms. The normalized spacial score (nSPS) is 13.3. The van der Waals surface area contributed by atoms with Crippen molar-refractivity contribution >= 4 is 23.9 Å². The molecule has 0 amide bonds. The van der Waals surface area contributed by atoms with Crippen LogP contribution < -0.4 is 0 Å². The van der Waals surface area contributed by atoms with Gasteiger partial charge in [-0.2, -0.15) is 0 Å². The molecule has 2 aliphatic rings. The summed E-state index contributed by atoms with van der Waals surface area (Å²) in [6.45, 7) is 0.0476. The Morgan fingerprint density at radius 3 is 1.35 bits per heavy atom. The van der Waals surface area contributed by atoms with Crippen molar-refractivity contribution in [3.05, 3.63) is 130 Å². The van der Waals surface area contributed by atoms with Gasteiger partial charge in [-0.3, -0.25) is 19.2 Å². The lowest BCUT2D eigenvalue weighted by Gasteiger charge is -2.15. The number of benzene rings is 4. The summed E-state index contributed by atoms with van der Waals surface area (Å²) >= 11 is 0. The zero-order chi connectivity index (χ0) is 36.3. The van der Waals surface area contributed by atoms with Crippen LogP contribution >= 0.6 is 0 Å². The molecule has 2 N–H and O–H groups in total. The van der Waals surface area contributed by atoms with E-state index in [0.717, 1.165) is 44.5 Å². The van der Waals surface area contributed by atoms with Crippen molar-refractivity contribution in [2.45, 2.75) is 31.1 Å². The van der Waals surface area contributed by atoms with Crippen LogP contribution in [-0.2, 0) is 28.7 Å². The van der Waals surface area contributed by atoms with Gasteiger partial charge in [0.1, 0.15) is 13.2 Å². The highest BCUT2D eigenvalue weighted by molar-refractivity contribution is 5.82. The lowest BCUT2D eigenvalue weighted by molar-refractivity contribution is -0.151. The van der Waals surface area contributed by atoms with Crippen LogP contribution in [0.2, 0.25) is 0 Å². The molecule has 4 aromatic rings. The largest absolute Gasteiger partial charge is 0.481 e. The van der Waals surface area contributed by atoms with Gasteiger partial charge in [0.05, 0.1) is 24.7 Å². The zero-order valence-electron chi connectivity index (χ0n) is 27.6. The van der Waals surface area contributed by atoms with Gasteiger partial charge >= 0.3 is 23.9 Å². The Balaban J connectivity index is 0.000000198. The Hall–Kier alpha value is -6.37. The van der Waals surface area contributed by atoms with Crippen LogP contribution in [-0.4, -0.2) is 53.8 Å². The standard InChI is InChI=1S/C21H18O4.C19H17N3O4/c1-2-7-14(21(23)24)12-20(22)25-13-19-17-10-5-3-8-15(17)16-9-4-6-11-18(16)19;20-22-21-10-12(19(24)25)9-18(23)26-11-17-15-7-3-1-5-13(15)14-6-2-4-8-16(14)17/h1,3-6,8-11,14,19H,7,12-13H2,(H,23,24);1-8,12,17H,9-11H2,(H,24,25). The molecule has 258 valence electrons. The minimum atomic E-state index is -1.19. The molecular weight excluding hydrogens is 650 g/mol. The molecule has 4 aromatic carbocycles. The highest BCUT2D eigenvalue weighted by Gasteiger charge is 2.31. The molecule has 2 aliphatic carbocycles. The minimum absolute atomic E-state index is 0.0134.